The number of hydrogen-bond donors (Lipinski definition) is 1. The second-order valence-corrected chi connectivity index (χ2v) is 4.21. The van der Waals surface area contributed by atoms with Gasteiger partial charge in [-0.25, -0.2) is 0 Å². The van der Waals surface area contributed by atoms with Gasteiger partial charge in [-0.2, -0.15) is 0 Å². The van der Waals surface area contributed by atoms with Crippen LogP contribution in [0.5, 0.6) is 0 Å². The average molecular weight is 229 g/mol. The van der Waals surface area contributed by atoms with Crippen LogP contribution in [0.2, 0.25) is 0 Å². The Hall–Kier alpha value is -0.900. The minimum Gasteiger partial charge on any atom is -0.468 e. The summed E-state index contributed by atoms with van der Waals surface area (Å²) in [5.74, 6) is -0.169. The normalized spacial score (nSPS) is 14.2. The van der Waals surface area contributed by atoms with Gasteiger partial charge in [0.15, 0.2) is 0 Å². The monoisotopic (exact) mass is 229 g/mol. The molecule has 4 nitrogen and oxygen atoms in total. The topological polar surface area (TPSA) is 69.4 Å². The number of unbranched alkanes of at least 4 members (excludes halogenated alkanes) is 1. The number of nitrogens with two attached hydrogens (primary N) is 1. The van der Waals surface area contributed by atoms with E-state index < -0.39 is 12.0 Å². The molecule has 0 aromatic rings. The fourth-order valence-corrected chi connectivity index (χ4v) is 1.44. The largest absolute Gasteiger partial charge is 0.468 e. The molecule has 0 fully saturated rings. The fraction of sp³-hybridized carbons (Fsp3) is 0.833. The molecule has 4 heteroatoms. The highest BCUT2D eigenvalue weighted by molar-refractivity contribution is 5.78. The van der Waals surface area contributed by atoms with E-state index in [9.17, 15) is 9.59 Å². The van der Waals surface area contributed by atoms with Crippen molar-refractivity contribution in [1.29, 1.82) is 0 Å². The van der Waals surface area contributed by atoms with Gasteiger partial charge in [0.05, 0.1) is 7.11 Å². The Labute approximate surface area is 97.5 Å². The Kier molecular flexibility index (Phi) is 7.81. The Bertz CT molecular complexity index is 228. The summed E-state index contributed by atoms with van der Waals surface area (Å²) in [6.45, 7) is 3.93. The van der Waals surface area contributed by atoms with Gasteiger partial charge in [-0.05, 0) is 18.8 Å². The molecule has 0 rings (SSSR count). The fourth-order valence-electron chi connectivity index (χ4n) is 1.44. The van der Waals surface area contributed by atoms with Crippen molar-refractivity contribution in [1.82, 2.24) is 0 Å². The molecule has 0 aliphatic heterocycles. The zero-order chi connectivity index (χ0) is 12.6. The van der Waals surface area contributed by atoms with Crippen molar-refractivity contribution < 1.29 is 14.3 Å². The number of carbonyl (C=O) groups is 2. The second-order valence-electron chi connectivity index (χ2n) is 4.21. The van der Waals surface area contributed by atoms with E-state index >= 15 is 0 Å². The van der Waals surface area contributed by atoms with Gasteiger partial charge in [0.1, 0.15) is 11.8 Å². The summed E-state index contributed by atoms with van der Waals surface area (Å²) in [5.41, 5.74) is 5.67. The van der Waals surface area contributed by atoms with E-state index in [1.165, 1.54) is 7.11 Å². The maximum Gasteiger partial charge on any atom is 0.322 e. The third-order valence-corrected chi connectivity index (χ3v) is 2.77. The molecule has 0 spiro atoms. The van der Waals surface area contributed by atoms with Crippen LogP contribution in [-0.2, 0) is 14.3 Å². The molecule has 94 valence electrons. The van der Waals surface area contributed by atoms with Crippen molar-refractivity contribution in [2.45, 2.75) is 52.0 Å². The molecule has 0 aromatic heterocycles. The smallest absolute Gasteiger partial charge is 0.322 e. The van der Waals surface area contributed by atoms with Gasteiger partial charge in [0.2, 0.25) is 0 Å². The number of carbonyl (C=O) groups excluding carboxylic acids is 2. The molecule has 0 unspecified atom stereocenters. The zero-order valence-corrected chi connectivity index (χ0v) is 10.5. The van der Waals surface area contributed by atoms with Crippen LogP contribution in [0.25, 0.3) is 0 Å². The first kappa shape index (κ1) is 15.1. The van der Waals surface area contributed by atoms with Crippen LogP contribution in [0, 0.1) is 5.92 Å². The summed E-state index contributed by atoms with van der Waals surface area (Å²) < 4.78 is 4.56. The lowest BCUT2D eigenvalue weighted by atomic mass is 9.95. The molecule has 0 heterocycles. The minimum absolute atomic E-state index is 0.0157. The number of esters is 1. The van der Waals surface area contributed by atoms with E-state index in [1.807, 2.05) is 6.92 Å². The molecule has 0 saturated heterocycles. The van der Waals surface area contributed by atoms with Gasteiger partial charge in [0, 0.05) is 12.8 Å². The first-order valence-electron chi connectivity index (χ1n) is 5.88. The average Bonchev–Trinajstić information content (AvgIpc) is 2.31. The van der Waals surface area contributed by atoms with Crippen molar-refractivity contribution in [3.63, 3.8) is 0 Å². The molecule has 0 aromatic carbocycles. The van der Waals surface area contributed by atoms with E-state index in [2.05, 4.69) is 11.7 Å². The predicted molar refractivity (Wildman–Crippen MR) is 62.9 cm³/mol. The number of ketones is 1. The summed E-state index contributed by atoms with van der Waals surface area (Å²) in [6, 6.07) is -0.621. The van der Waals surface area contributed by atoms with Gasteiger partial charge in [-0.15, -0.1) is 0 Å². The van der Waals surface area contributed by atoms with E-state index in [0.717, 1.165) is 12.8 Å². The maximum absolute atomic E-state index is 11.4. The maximum atomic E-state index is 11.4. The summed E-state index contributed by atoms with van der Waals surface area (Å²) >= 11 is 0. The minimum atomic E-state index is -0.621. The van der Waals surface area contributed by atoms with Crippen LogP contribution in [0.15, 0.2) is 0 Å². The van der Waals surface area contributed by atoms with Gasteiger partial charge in [-0.3, -0.25) is 9.59 Å². The van der Waals surface area contributed by atoms with E-state index in [0.29, 0.717) is 19.3 Å². The molecule has 0 amide bonds. The van der Waals surface area contributed by atoms with Crippen LogP contribution in [-0.4, -0.2) is 24.9 Å². The van der Waals surface area contributed by atoms with Gasteiger partial charge in [0.25, 0.3) is 0 Å². The first-order chi connectivity index (χ1) is 7.52. The lowest BCUT2D eigenvalue weighted by molar-refractivity contribution is -0.143. The van der Waals surface area contributed by atoms with Gasteiger partial charge >= 0.3 is 5.97 Å². The highest BCUT2D eigenvalue weighted by Crippen LogP contribution is 2.12. The predicted octanol–water partition coefficient (Wildman–Crippen LogP) is 1.66. The lowest BCUT2D eigenvalue weighted by Gasteiger charge is -2.16. The molecule has 0 saturated carbocycles. The van der Waals surface area contributed by atoms with Crippen molar-refractivity contribution >= 4 is 11.8 Å². The molecule has 0 bridgehead atoms. The van der Waals surface area contributed by atoms with Crippen LogP contribution in [0.1, 0.15) is 46.0 Å². The Morgan fingerprint density at radius 1 is 1.31 bits per heavy atom. The van der Waals surface area contributed by atoms with E-state index in [4.69, 9.17) is 5.73 Å². The molecule has 0 aliphatic carbocycles. The molecular weight excluding hydrogens is 206 g/mol. The molecule has 0 aliphatic rings. The van der Waals surface area contributed by atoms with Crippen molar-refractivity contribution in [3.8, 4) is 0 Å². The SMILES string of the molecule is CCCCC(=O)CC[C@H](C)[C@H](N)C(=O)OC. The number of ether oxygens (including phenoxy) is 1. The van der Waals surface area contributed by atoms with E-state index in [-0.39, 0.29) is 11.7 Å². The Balaban J connectivity index is 3.83. The van der Waals surface area contributed by atoms with Gasteiger partial charge < -0.3 is 10.5 Å². The van der Waals surface area contributed by atoms with E-state index in [1.54, 1.807) is 0 Å². The highest BCUT2D eigenvalue weighted by Gasteiger charge is 2.21. The third-order valence-electron chi connectivity index (χ3n) is 2.77. The number of Topliss-reactive ketones (excluding diaryl/α,β-unsaturated/α-hetero) is 1. The zero-order valence-electron chi connectivity index (χ0n) is 10.5. The molecule has 2 atom stereocenters. The molecular formula is C12H23NO3. The van der Waals surface area contributed by atoms with Gasteiger partial charge in [-0.1, -0.05) is 20.3 Å². The molecule has 2 N–H and O–H groups in total. The number of hydrogen-bond acceptors (Lipinski definition) is 4. The molecule has 16 heavy (non-hydrogen) atoms. The Morgan fingerprint density at radius 3 is 2.44 bits per heavy atom. The number of methoxy groups -OCH3 is 1. The van der Waals surface area contributed by atoms with Crippen LogP contribution < -0.4 is 5.73 Å². The lowest BCUT2D eigenvalue weighted by Crippen LogP contribution is -2.37. The number of rotatable bonds is 8. The highest BCUT2D eigenvalue weighted by atomic mass is 16.5. The summed E-state index contributed by atoms with van der Waals surface area (Å²) in [6.07, 6.45) is 3.76. The van der Waals surface area contributed by atoms with Crippen molar-refractivity contribution in [2.24, 2.45) is 11.7 Å². The van der Waals surface area contributed by atoms with Crippen LogP contribution in [0.3, 0.4) is 0 Å². The standard InChI is InChI=1S/C12H23NO3/c1-4-5-6-10(14)8-7-9(2)11(13)12(15)16-3/h9,11H,4-8,13H2,1-3H3/t9-,11-/m0/s1. The summed E-state index contributed by atoms with van der Waals surface area (Å²) in [4.78, 5) is 22.5. The molecule has 0 radical (unpaired) electrons. The first-order valence-corrected chi connectivity index (χ1v) is 5.88. The summed E-state index contributed by atoms with van der Waals surface area (Å²) in [5, 5.41) is 0. The van der Waals surface area contributed by atoms with Crippen LogP contribution in [0.4, 0.5) is 0 Å². The van der Waals surface area contributed by atoms with Crippen LogP contribution >= 0.6 is 0 Å². The van der Waals surface area contributed by atoms with Crippen molar-refractivity contribution in [2.75, 3.05) is 7.11 Å². The second kappa shape index (κ2) is 8.28. The Morgan fingerprint density at radius 2 is 1.94 bits per heavy atom. The summed E-state index contributed by atoms with van der Waals surface area (Å²) in [7, 11) is 1.32. The van der Waals surface area contributed by atoms with Crippen molar-refractivity contribution in [3.05, 3.63) is 0 Å². The quantitative estimate of drug-likeness (QED) is 0.643. The third kappa shape index (κ3) is 5.85.